The third-order valence-corrected chi connectivity index (χ3v) is 20.4. The van der Waals surface area contributed by atoms with Gasteiger partial charge in [0.05, 0.1) is 53.2 Å². The number of rotatable bonds is 17. The lowest BCUT2D eigenvalue weighted by molar-refractivity contribution is -0.138. The van der Waals surface area contributed by atoms with Crippen molar-refractivity contribution in [2.75, 3.05) is 39.4 Å². The summed E-state index contributed by atoms with van der Waals surface area (Å²) in [6, 6.07) is 4.92. The van der Waals surface area contributed by atoms with Crippen LogP contribution in [0.4, 0.5) is 0 Å². The van der Waals surface area contributed by atoms with Crippen molar-refractivity contribution in [3.63, 3.8) is 0 Å². The summed E-state index contributed by atoms with van der Waals surface area (Å²) in [6.07, 6.45) is 13.3. The highest BCUT2D eigenvalue weighted by atomic mass is 79.9. The number of hydrogen-bond acceptors (Lipinski definition) is 14. The lowest BCUT2D eigenvalue weighted by Gasteiger charge is -2.37. The Balaban J connectivity index is 0.000000190. The second-order valence-corrected chi connectivity index (χ2v) is 39.8. The van der Waals surface area contributed by atoms with E-state index in [9.17, 15) is 19.2 Å². The quantitative estimate of drug-likeness (QED) is 0.0640. The molecule has 6 aromatic rings. The minimum absolute atomic E-state index is 0.126. The summed E-state index contributed by atoms with van der Waals surface area (Å²) >= 11 is 3.30. The largest absolute Gasteiger partial charge is 0.361 e. The smallest absolute Gasteiger partial charge is 0.255 e. The Kier molecular flexibility index (Phi) is 20.0. The maximum atomic E-state index is 13.6. The first-order valence-corrected chi connectivity index (χ1v) is 38.1. The number of likely N-dealkylation sites (tertiary alicyclic amines) is 2. The molecule has 8 heterocycles. The second-order valence-electron chi connectivity index (χ2n) is 27.8. The minimum Gasteiger partial charge on any atom is -0.361 e. The molecule has 0 radical (unpaired) electrons. The van der Waals surface area contributed by atoms with Gasteiger partial charge in [0.2, 0.25) is 11.8 Å². The molecular formula is C61H87BrN16O6Si2. The van der Waals surface area contributed by atoms with E-state index in [1.54, 1.807) is 57.6 Å². The molecule has 462 valence electrons. The Morgan fingerprint density at radius 3 is 1.58 bits per heavy atom. The molecule has 2 atom stereocenters. The van der Waals surface area contributed by atoms with Crippen LogP contribution < -0.4 is 10.6 Å². The molecule has 0 aromatic carbocycles. The minimum atomic E-state index is -1.26. The molecule has 2 aliphatic heterocycles. The lowest BCUT2D eigenvalue weighted by Crippen LogP contribution is -2.55. The highest BCUT2D eigenvalue weighted by molar-refractivity contribution is 9.10. The fourth-order valence-corrected chi connectivity index (χ4v) is 12.9. The maximum absolute atomic E-state index is 13.6. The predicted octanol–water partition coefficient (Wildman–Crippen LogP) is 8.61. The van der Waals surface area contributed by atoms with Gasteiger partial charge in [0, 0.05) is 99.0 Å². The normalized spacial score (nSPS) is 17.1. The van der Waals surface area contributed by atoms with E-state index in [-0.39, 0.29) is 42.5 Å². The molecule has 2 aliphatic carbocycles. The van der Waals surface area contributed by atoms with Crippen molar-refractivity contribution in [3.8, 4) is 23.5 Å². The van der Waals surface area contributed by atoms with Crippen LogP contribution in [0.3, 0.4) is 0 Å². The van der Waals surface area contributed by atoms with Crippen LogP contribution in [-0.2, 0) is 72.3 Å². The molecule has 0 unspecified atom stereocenters. The Bertz CT molecular complexity index is 3580. The molecule has 25 heteroatoms. The van der Waals surface area contributed by atoms with Crippen molar-refractivity contribution in [2.24, 2.45) is 36.8 Å². The average Bonchev–Trinajstić information content (AvgIpc) is 1.67. The highest BCUT2D eigenvalue weighted by Crippen LogP contribution is 2.39. The van der Waals surface area contributed by atoms with Gasteiger partial charge in [0.1, 0.15) is 52.6 Å². The summed E-state index contributed by atoms with van der Waals surface area (Å²) < 4.78 is 19.9. The topological polar surface area (TPSA) is 262 Å². The molecule has 10 rings (SSSR count). The van der Waals surface area contributed by atoms with Gasteiger partial charge in [0.25, 0.3) is 11.8 Å². The van der Waals surface area contributed by atoms with Gasteiger partial charge in [-0.1, -0.05) is 67.0 Å². The number of nitrogens with zero attached hydrogens (tertiary/aromatic N) is 14. The average molecular weight is 1280 g/mol. The molecule has 0 bridgehead atoms. The molecule has 22 nitrogen and oxygen atoms in total. The van der Waals surface area contributed by atoms with Gasteiger partial charge in [-0.25, -0.2) is 19.9 Å². The van der Waals surface area contributed by atoms with Crippen molar-refractivity contribution in [1.82, 2.24) is 69.1 Å². The van der Waals surface area contributed by atoms with Gasteiger partial charge in [-0.05, 0) is 104 Å². The van der Waals surface area contributed by atoms with Crippen LogP contribution in [0.2, 0.25) is 51.4 Å². The molecule has 6 aromatic heterocycles. The molecule has 2 saturated heterocycles. The molecule has 2 N–H and O–H groups in total. The number of ether oxygens (including phenoxy) is 2. The van der Waals surface area contributed by atoms with Crippen molar-refractivity contribution in [2.45, 2.75) is 164 Å². The Labute approximate surface area is 515 Å². The van der Waals surface area contributed by atoms with Gasteiger partial charge >= 0.3 is 0 Å². The summed E-state index contributed by atoms with van der Waals surface area (Å²) in [7, 11) is 1.57. The third kappa shape index (κ3) is 15.7. The first kappa shape index (κ1) is 65.3. The van der Waals surface area contributed by atoms with Crippen LogP contribution in [0, 0.1) is 52.3 Å². The number of amides is 4. The lowest BCUT2D eigenvalue weighted by atomic mass is 9.76. The summed E-state index contributed by atoms with van der Waals surface area (Å²) in [5, 5.41) is 32.8. The summed E-state index contributed by atoms with van der Waals surface area (Å²) in [4.78, 5) is 73.5. The number of nitriles is 2. The van der Waals surface area contributed by atoms with Gasteiger partial charge in [0.15, 0.2) is 11.3 Å². The van der Waals surface area contributed by atoms with Crippen molar-refractivity contribution in [3.05, 3.63) is 68.7 Å². The number of nitrogens with one attached hydrogen (secondary N) is 2. The number of hydrogen-bond donors (Lipinski definition) is 2. The van der Waals surface area contributed by atoms with E-state index >= 15 is 0 Å². The van der Waals surface area contributed by atoms with Gasteiger partial charge in [-0.3, -0.25) is 28.5 Å². The first-order chi connectivity index (χ1) is 40.3. The van der Waals surface area contributed by atoms with Crippen LogP contribution in [0.5, 0.6) is 0 Å². The van der Waals surface area contributed by atoms with Crippen molar-refractivity contribution < 1.29 is 28.7 Å². The fourth-order valence-electron chi connectivity index (χ4n) is 11.1. The van der Waals surface area contributed by atoms with E-state index in [1.807, 2.05) is 11.7 Å². The number of aromatic nitrogens is 10. The van der Waals surface area contributed by atoms with Gasteiger partial charge in [-0.2, -0.15) is 20.7 Å². The molecular weight excluding hydrogens is 1190 g/mol. The van der Waals surface area contributed by atoms with Crippen LogP contribution in [0.25, 0.3) is 33.7 Å². The first-order valence-electron chi connectivity index (χ1n) is 29.9. The van der Waals surface area contributed by atoms with Crippen LogP contribution >= 0.6 is 15.9 Å². The second kappa shape index (κ2) is 26.4. The van der Waals surface area contributed by atoms with Crippen LogP contribution in [0.1, 0.15) is 103 Å². The fraction of sp³-hybridized carbons (Fsp3) is 0.607. The standard InChI is InChI=1S/C30H42N8O3Si.C20H27BrN6O3Si.C11H18N2/c1-19(29(40)37-15-20(13-31)16-37)33-28(39)22-17-38(18-41-10-11-42(5,6)7)27-26(22)34-23(14-32-27)25-21-8-9-30(2,3)12-24(21)36(4)35-25;1-13(20(29)26-9-14(7-22)10-26)24-19(28)15-11-27(12-30-5-6-31(2,3)4)18-17(15)25-16(21)8-23-18;1-8-9-5-6-11(2,3)7-10(9)13(4)12-8/h14,17,19-20H,8-12,15-16,18H2,1-7H3,(H,33,39);8,11,13-14H,5-6,9-10,12H2,1-4H3,(H,24,28);5-7H2,1-4H3/t19-;13-;/m11./s1. The van der Waals surface area contributed by atoms with Gasteiger partial charge < -0.3 is 39.0 Å². The molecule has 4 amide bonds. The molecule has 4 aliphatic rings. The van der Waals surface area contributed by atoms with E-state index in [0.717, 1.165) is 37.0 Å². The van der Waals surface area contributed by atoms with Crippen molar-refractivity contribution in [1.29, 1.82) is 10.5 Å². The monoisotopic (exact) mass is 1270 g/mol. The Morgan fingerprint density at radius 1 is 0.686 bits per heavy atom. The number of carbonyl (C=O) groups is 4. The SMILES string of the molecule is C[C@@H](NC(=O)c1cn(COCC[Si](C)(C)C)c2ncc(-c3nn(C)c4c3CCC(C)(C)C4)nc12)C(=O)N1CC(C#N)C1.C[C@@H](NC(=O)c1cn(COCC[Si](C)(C)C)c2ncc(Br)nc12)C(=O)N1CC(C#N)C1.Cc1nn(C)c2c1CCC(C)(C)C2. The molecule has 86 heavy (non-hydrogen) atoms. The number of halogens is 1. The number of carbonyl (C=O) groups excluding carboxylic acids is 4. The highest BCUT2D eigenvalue weighted by Gasteiger charge is 2.37. The molecule has 0 spiro atoms. The summed E-state index contributed by atoms with van der Waals surface area (Å²) in [6.45, 7) is 31.8. The zero-order chi connectivity index (χ0) is 62.8. The number of fused-ring (bicyclic) bond motifs is 4. The van der Waals surface area contributed by atoms with Crippen molar-refractivity contribution >= 4 is 78.0 Å². The molecule has 0 saturated carbocycles. The Hall–Kier alpha value is -6.65. The zero-order valence-electron chi connectivity index (χ0n) is 53.0. The predicted molar refractivity (Wildman–Crippen MR) is 338 cm³/mol. The maximum Gasteiger partial charge on any atom is 0.255 e. The van der Waals surface area contributed by atoms with E-state index in [0.29, 0.717) is 88.6 Å². The third-order valence-electron chi connectivity index (χ3n) is 16.6. The van der Waals surface area contributed by atoms with E-state index in [4.69, 9.17) is 35.1 Å². The van der Waals surface area contributed by atoms with E-state index < -0.39 is 40.0 Å². The summed E-state index contributed by atoms with van der Waals surface area (Å²) in [5.41, 5.74) is 11.3. The van der Waals surface area contributed by atoms with Crippen LogP contribution in [-0.4, -0.2) is 150 Å². The summed E-state index contributed by atoms with van der Waals surface area (Å²) in [5.74, 6) is -1.49. The van der Waals surface area contributed by atoms with E-state index in [2.05, 4.69) is 139 Å². The Morgan fingerprint density at radius 2 is 1.12 bits per heavy atom. The van der Waals surface area contributed by atoms with Crippen LogP contribution in [0.15, 0.2) is 29.4 Å². The number of aryl methyl sites for hydroxylation is 3. The zero-order valence-corrected chi connectivity index (χ0v) is 56.6. The van der Waals surface area contributed by atoms with Gasteiger partial charge in [-0.15, -0.1) is 0 Å². The molecule has 2 fully saturated rings. The van der Waals surface area contributed by atoms with E-state index in [1.165, 1.54) is 47.5 Å².